The van der Waals surface area contributed by atoms with Crippen molar-refractivity contribution in [3.05, 3.63) is 69.5 Å². The maximum Gasteiger partial charge on any atom is 0.126 e. The van der Waals surface area contributed by atoms with Gasteiger partial charge in [-0.25, -0.2) is 4.39 Å². The smallest absolute Gasteiger partial charge is 0.126 e. The first-order valence-corrected chi connectivity index (χ1v) is 7.16. The molecule has 2 aromatic rings. The molecule has 0 aromatic heterocycles. The Labute approximate surface area is 124 Å². The van der Waals surface area contributed by atoms with Crippen LogP contribution in [0, 0.1) is 19.7 Å². The summed E-state index contributed by atoms with van der Waals surface area (Å²) in [6, 6.07) is 11.2. The number of rotatable bonds is 4. The molecule has 0 bridgehead atoms. The van der Waals surface area contributed by atoms with E-state index in [2.05, 4.69) is 18.3 Å². The van der Waals surface area contributed by atoms with Gasteiger partial charge in [-0.3, -0.25) is 0 Å². The van der Waals surface area contributed by atoms with Gasteiger partial charge in [0.05, 0.1) is 6.04 Å². The molecule has 0 saturated carbocycles. The van der Waals surface area contributed by atoms with Crippen molar-refractivity contribution in [1.82, 2.24) is 5.32 Å². The van der Waals surface area contributed by atoms with Crippen LogP contribution in [-0.2, 0) is 0 Å². The molecular formula is C17H19ClFN. The Bertz CT molecular complexity index is 610. The average molecular weight is 292 g/mol. The van der Waals surface area contributed by atoms with Crippen LogP contribution in [0.5, 0.6) is 0 Å². The molecule has 0 radical (unpaired) electrons. The Kier molecular flexibility index (Phi) is 4.79. The summed E-state index contributed by atoms with van der Waals surface area (Å²) in [5.41, 5.74) is 3.90. The second-order valence-corrected chi connectivity index (χ2v) is 5.36. The van der Waals surface area contributed by atoms with Crippen molar-refractivity contribution in [2.45, 2.75) is 26.8 Å². The normalized spacial score (nSPS) is 12.4. The first-order valence-electron chi connectivity index (χ1n) is 6.79. The minimum absolute atomic E-state index is 0.0259. The molecule has 0 aliphatic carbocycles. The molecule has 2 aromatic carbocycles. The van der Waals surface area contributed by atoms with Gasteiger partial charge in [0, 0.05) is 5.02 Å². The molecule has 0 aliphatic rings. The van der Waals surface area contributed by atoms with E-state index in [0.29, 0.717) is 5.56 Å². The van der Waals surface area contributed by atoms with Crippen molar-refractivity contribution < 1.29 is 4.39 Å². The predicted octanol–water partition coefficient (Wildman–Crippen LogP) is 4.79. The topological polar surface area (TPSA) is 12.0 Å². The van der Waals surface area contributed by atoms with E-state index in [1.165, 1.54) is 6.07 Å². The van der Waals surface area contributed by atoms with Crippen molar-refractivity contribution in [1.29, 1.82) is 0 Å². The highest BCUT2D eigenvalue weighted by atomic mass is 35.5. The van der Waals surface area contributed by atoms with E-state index in [4.69, 9.17) is 11.6 Å². The highest BCUT2D eigenvalue weighted by Crippen LogP contribution is 2.29. The van der Waals surface area contributed by atoms with Gasteiger partial charge in [0.2, 0.25) is 0 Å². The monoisotopic (exact) mass is 291 g/mol. The summed E-state index contributed by atoms with van der Waals surface area (Å²) >= 11 is 6.21. The average Bonchev–Trinajstić information content (AvgIpc) is 2.43. The molecule has 1 atom stereocenters. The van der Waals surface area contributed by atoms with Crippen molar-refractivity contribution in [2.24, 2.45) is 0 Å². The van der Waals surface area contributed by atoms with Gasteiger partial charge in [0.15, 0.2) is 0 Å². The minimum Gasteiger partial charge on any atom is -0.307 e. The summed E-state index contributed by atoms with van der Waals surface area (Å²) in [4.78, 5) is 0. The zero-order valence-electron chi connectivity index (χ0n) is 12.0. The molecule has 0 aliphatic heterocycles. The molecular weight excluding hydrogens is 273 g/mol. The fraction of sp³-hybridized carbons (Fsp3) is 0.294. The third kappa shape index (κ3) is 3.02. The quantitative estimate of drug-likeness (QED) is 0.853. The molecule has 106 valence electrons. The lowest BCUT2D eigenvalue weighted by Crippen LogP contribution is -2.23. The standard InChI is InChI=1S/C17H19ClFN/c1-4-20-17(13-8-9-16(19)11(2)10-13)14-6-5-7-15(18)12(14)3/h5-10,17,20H,4H2,1-3H3. The van der Waals surface area contributed by atoms with E-state index in [0.717, 1.165) is 28.3 Å². The summed E-state index contributed by atoms with van der Waals surface area (Å²) < 4.78 is 13.5. The third-order valence-corrected chi connectivity index (χ3v) is 3.95. The lowest BCUT2D eigenvalue weighted by atomic mass is 9.94. The van der Waals surface area contributed by atoms with Crippen LogP contribution in [0.25, 0.3) is 0 Å². The van der Waals surface area contributed by atoms with Crippen molar-refractivity contribution in [2.75, 3.05) is 6.54 Å². The van der Waals surface area contributed by atoms with Gasteiger partial charge >= 0.3 is 0 Å². The van der Waals surface area contributed by atoms with E-state index in [-0.39, 0.29) is 11.9 Å². The number of aryl methyl sites for hydroxylation is 1. The summed E-state index contributed by atoms with van der Waals surface area (Å²) in [6.45, 7) is 6.68. The van der Waals surface area contributed by atoms with Crippen LogP contribution in [0.15, 0.2) is 36.4 Å². The minimum atomic E-state index is -0.174. The summed E-state index contributed by atoms with van der Waals surface area (Å²) in [5.74, 6) is -0.174. The summed E-state index contributed by atoms with van der Waals surface area (Å²) in [5, 5.41) is 4.20. The van der Waals surface area contributed by atoms with Crippen LogP contribution < -0.4 is 5.32 Å². The Hall–Kier alpha value is -1.38. The van der Waals surface area contributed by atoms with E-state index in [1.807, 2.05) is 31.2 Å². The molecule has 20 heavy (non-hydrogen) atoms. The molecule has 1 N–H and O–H groups in total. The van der Waals surface area contributed by atoms with E-state index in [9.17, 15) is 4.39 Å². The van der Waals surface area contributed by atoms with E-state index in [1.54, 1.807) is 6.92 Å². The molecule has 0 spiro atoms. The number of nitrogens with one attached hydrogen (secondary N) is 1. The molecule has 0 heterocycles. The van der Waals surface area contributed by atoms with Gasteiger partial charge in [-0.15, -0.1) is 0 Å². The number of benzene rings is 2. The highest BCUT2D eigenvalue weighted by Gasteiger charge is 2.17. The van der Waals surface area contributed by atoms with Gasteiger partial charge in [-0.05, 0) is 54.8 Å². The predicted molar refractivity (Wildman–Crippen MR) is 82.8 cm³/mol. The number of hydrogen-bond donors (Lipinski definition) is 1. The lowest BCUT2D eigenvalue weighted by molar-refractivity contribution is 0.605. The Morgan fingerprint density at radius 1 is 1.20 bits per heavy atom. The Morgan fingerprint density at radius 2 is 1.95 bits per heavy atom. The molecule has 0 amide bonds. The van der Waals surface area contributed by atoms with Crippen LogP contribution in [0.2, 0.25) is 5.02 Å². The van der Waals surface area contributed by atoms with Crippen LogP contribution in [0.1, 0.15) is 35.2 Å². The first-order chi connectivity index (χ1) is 9.54. The van der Waals surface area contributed by atoms with Crippen LogP contribution in [-0.4, -0.2) is 6.54 Å². The second-order valence-electron chi connectivity index (χ2n) is 4.95. The van der Waals surface area contributed by atoms with Gasteiger partial charge in [0.25, 0.3) is 0 Å². The zero-order valence-corrected chi connectivity index (χ0v) is 12.8. The number of halogens is 2. The molecule has 0 saturated heterocycles. The summed E-state index contributed by atoms with van der Waals surface area (Å²) in [7, 11) is 0. The lowest BCUT2D eigenvalue weighted by Gasteiger charge is -2.22. The van der Waals surface area contributed by atoms with Crippen LogP contribution >= 0.6 is 11.6 Å². The van der Waals surface area contributed by atoms with E-state index < -0.39 is 0 Å². The first kappa shape index (κ1) is 15.0. The Balaban J connectivity index is 2.50. The molecule has 1 nitrogen and oxygen atoms in total. The Morgan fingerprint density at radius 3 is 2.60 bits per heavy atom. The van der Waals surface area contributed by atoms with Gasteiger partial charge < -0.3 is 5.32 Å². The number of hydrogen-bond acceptors (Lipinski definition) is 1. The highest BCUT2D eigenvalue weighted by molar-refractivity contribution is 6.31. The van der Waals surface area contributed by atoms with Crippen molar-refractivity contribution in [3.8, 4) is 0 Å². The molecule has 1 unspecified atom stereocenters. The van der Waals surface area contributed by atoms with Crippen LogP contribution in [0.4, 0.5) is 4.39 Å². The third-order valence-electron chi connectivity index (χ3n) is 3.54. The molecule has 2 rings (SSSR count). The second kappa shape index (κ2) is 6.38. The fourth-order valence-electron chi connectivity index (χ4n) is 2.40. The zero-order chi connectivity index (χ0) is 14.7. The SMILES string of the molecule is CCNC(c1ccc(F)c(C)c1)c1cccc(Cl)c1C. The van der Waals surface area contributed by atoms with Crippen molar-refractivity contribution in [3.63, 3.8) is 0 Å². The van der Waals surface area contributed by atoms with Crippen LogP contribution in [0.3, 0.4) is 0 Å². The summed E-state index contributed by atoms with van der Waals surface area (Å²) in [6.07, 6.45) is 0. The van der Waals surface area contributed by atoms with Gasteiger partial charge in [0.1, 0.15) is 5.82 Å². The maximum absolute atomic E-state index is 13.5. The fourth-order valence-corrected chi connectivity index (χ4v) is 2.58. The van der Waals surface area contributed by atoms with Gasteiger partial charge in [-0.2, -0.15) is 0 Å². The molecule has 3 heteroatoms. The van der Waals surface area contributed by atoms with E-state index >= 15 is 0 Å². The largest absolute Gasteiger partial charge is 0.307 e. The maximum atomic E-state index is 13.5. The van der Waals surface area contributed by atoms with Gasteiger partial charge in [-0.1, -0.05) is 42.8 Å². The molecule has 0 fully saturated rings. The van der Waals surface area contributed by atoms with Crippen molar-refractivity contribution >= 4 is 11.6 Å².